The molecule has 0 bridgehead atoms. The summed E-state index contributed by atoms with van der Waals surface area (Å²) in [6.45, 7) is 0. The van der Waals surface area contributed by atoms with Crippen LogP contribution >= 0.6 is 24.0 Å². The summed E-state index contributed by atoms with van der Waals surface area (Å²) >= 11 is 6.85. The van der Waals surface area contributed by atoms with Gasteiger partial charge in [0.2, 0.25) is 0 Å². The van der Waals surface area contributed by atoms with Crippen LogP contribution in [-0.2, 0) is 21.4 Å². The van der Waals surface area contributed by atoms with E-state index in [0.29, 0.717) is 28.6 Å². The van der Waals surface area contributed by atoms with Crippen molar-refractivity contribution in [3.63, 3.8) is 0 Å². The first-order valence-electron chi connectivity index (χ1n) is 12.5. The van der Waals surface area contributed by atoms with E-state index in [2.05, 4.69) is 26.9 Å². The third-order valence-corrected chi connectivity index (χ3v) is 8.11. The second kappa shape index (κ2) is 12.2. The Kier molecular flexibility index (Phi) is 8.33. The van der Waals surface area contributed by atoms with Crippen molar-refractivity contribution in [3.05, 3.63) is 95.0 Å². The minimum Gasteiger partial charge on any atom is -0.448 e. The molecule has 3 heterocycles. The Bertz CT molecular complexity index is 1480. The maximum Gasteiger partial charge on any atom is 0.356 e. The van der Waals surface area contributed by atoms with Crippen LogP contribution in [0.25, 0.3) is 6.08 Å². The molecule has 1 amide bonds. The molecule has 0 spiro atoms. The molecule has 1 aromatic heterocycles. The van der Waals surface area contributed by atoms with E-state index >= 15 is 0 Å². The highest BCUT2D eigenvalue weighted by Crippen LogP contribution is 2.42. The Morgan fingerprint density at radius 2 is 1.88 bits per heavy atom. The number of tetrazole rings is 1. The number of amides is 1. The van der Waals surface area contributed by atoms with Gasteiger partial charge in [-0.15, -0.1) is 16.9 Å². The number of nitrogens with zero attached hydrogens (tertiary/aromatic N) is 6. The Hall–Kier alpha value is -4.34. The van der Waals surface area contributed by atoms with Gasteiger partial charge in [0, 0.05) is 25.6 Å². The summed E-state index contributed by atoms with van der Waals surface area (Å²) in [7, 11) is 1.71. The number of benzene rings is 2. The van der Waals surface area contributed by atoms with Gasteiger partial charge in [-0.1, -0.05) is 79.0 Å². The normalized spacial score (nSPS) is 18.3. The Labute approximate surface area is 240 Å². The maximum absolute atomic E-state index is 14.0. The number of nitrogens with one attached hydrogen (secondary N) is 1. The molecule has 3 aromatic rings. The van der Waals surface area contributed by atoms with Gasteiger partial charge in [0.25, 0.3) is 5.91 Å². The molecule has 2 atom stereocenters. The first kappa shape index (κ1) is 27.2. The fourth-order valence-corrected chi connectivity index (χ4v) is 6.02. The zero-order valence-corrected chi connectivity index (χ0v) is 23.1. The van der Waals surface area contributed by atoms with Gasteiger partial charge in [0.15, 0.2) is 11.9 Å². The number of hydrogen-bond donors (Lipinski definition) is 1. The summed E-state index contributed by atoms with van der Waals surface area (Å²) in [5, 5.41) is 23.0. The lowest BCUT2D eigenvalue weighted by Gasteiger charge is -2.50. The van der Waals surface area contributed by atoms with Crippen molar-refractivity contribution in [2.75, 3.05) is 5.75 Å². The molecular formula is C28H25N7O3S2. The number of nitriles is 1. The van der Waals surface area contributed by atoms with E-state index in [0.717, 1.165) is 11.1 Å². The van der Waals surface area contributed by atoms with Crippen LogP contribution in [-0.4, -0.2) is 59.1 Å². The zero-order chi connectivity index (χ0) is 28.1. The van der Waals surface area contributed by atoms with E-state index in [-0.39, 0.29) is 23.4 Å². The number of esters is 1. The van der Waals surface area contributed by atoms with Gasteiger partial charge < -0.3 is 10.1 Å². The molecule has 12 heteroatoms. The second-order valence-electron chi connectivity index (χ2n) is 9.09. The molecule has 0 radical (unpaired) electrons. The van der Waals surface area contributed by atoms with Crippen molar-refractivity contribution >= 4 is 46.9 Å². The highest BCUT2D eigenvalue weighted by atomic mass is 32.2. The third-order valence-electron chi connectivity index (χ3n) is 6.49. The number of hydrogen-bond acceptors (Lipinski definition) is 9. The first-order valence-corrected chi connectivity index (χ1v) is 14.0. The third kappa shape index (κ3) is 5.66. The molecule has 1 fully saturated rings. The molecule has 1 saturated heterocycles. The molecule has 2 aliphatic rings. The van der Waals surface area contributed by atoms with Gasteiger partial charge in [-0.05, 0) is 33.2 Å². The standard InChI is InChI=1S/C28H25N7O3S2/c1-34-21(31-32-33-34)15-14-20-17-40-27-23(30-22(39)13-8-16-29)26(36)35(27)24(20)28(37)38-25(18-9-4-2-5-10-18)19-11-6-3-7-12-19/h2-7,9-12,14-15,23,25,27H,8,13,17H2,1H3,(H,30,39)/t23?,27-/m1/s1. The molecule has 202 valence electrons. The molecule has 5 rings (SSSR count). The quantitative estimate of drug-likeness (QED) is 0.232. The van der Waals surface area contributed by atoms with Crippen molar-refractivity contribution in [2.24, 2.45) is 7.05 Å². The average molecular weight is 572 g/mol. The Morgan fingerprint density at radius 3 is 2.48 bits per heavy atom. The Balaban J connectivity index is 1.48. The molecule has 10 nitrogen and oxygen atoms in total. The van der Waals surface area contributed by atoms with Crippen LogP contribution in [0.3, 0.4) is 0 Å². The van der Waals surface area contributed by atoms with Crippen LogP contribution in [0.5, 0.6) is 0 Å². The van der Waals surface area contributed by atoms with Crippen LogP contribution in [0.15, 0.2) is 78.0 Å². The molecule has 2 aromatic carbocycles. The van der Waals surface area contributed by atoms with Crippen molar-refractivity contribution in [1.82, 2.24) is 30.4 Å². The summed E-state index contributed by atoms with van der Waals surface area (Å²) < 4.78 is 7.67. The number of carbonyl (C=O) groups excluding carboxylic acids is 2. The maximum atomic E-state index is 14.0. The lowest BCUT2D eigenvalue weighted by Crippen LogP contribution is -2.70. The summed E-state index contributed by atoms with van der Waals surface area (Å²) in [6, 6.07) is 20.4. The SMILES string of the molecule is Cn1nnnc1C=CC1=C(C(=O)OC(c2ccccc2)c2ccccc2)N2C(=O)C(NC(=S)CCC#N)[C@H]2SC1. The number of thiocarbonyl (C=S) groups is 1. The molecule has 40 heavy (non-hydrogen) atoms. The summed E-state index contributed by atoms with van der Waals surface area (Å²) in [5.74, 6) is 0.0462. The van der Waals surface area contributed by atoms with Gasteiger partial charge in [-0.3, -0.25) is 9.69 Å². The highest BCUT2D eigenvalue weighted by molar-refractivity contribution is 8.00. The van der Waals surface area contributed by atoms with E-state index < -0.39 is 18.1 Å². The lowest BCUT2D eigenvalue weighted by molar-refractivity contribution is -0.153. The van der Waals surface area contributed by atoms with Crippen molar-refractivity contribution in [3.8, 4) is 6.07 Å². The van der Waals surface area contributed by atoms with Gasteiger partial charge in [0.05, 0.1) is 11.1 Å². The van der Waals surface area contributed by atoms with Crippen LogP contribution < -0.4 is 5.32 Å². The van der Waals surface area contributed by atoms with Gasteiger partial charge in [-0.2, -0.15) is 5.26 Å². The number of thioether (sulfide) groups is 1. The Morgan fingerprint density at radius 1 is 1.20 bits per heavy atom. The number of aromatic nitrogens is 4. The van der Waals surface area contributed by atoms with E-state index in [9.17, 15) is 9.59 Å². The van der Waals surface area contributed by atoms with E-state index in [1.54, 1.807) is 19.2 Å². The number of allylic oxidation sites excluding steroid dienone is 1. The molecule has 2 aliphatic heterocycles. The average Bonchev–Trinajstić information content (AvgIpc) is 3.40. The predicted molar refractivity (Wildman–Crippen MR) is 153 cm³/mol. The zero-order valence-electron chi connectivity index (χ0n) is 21.5. The number of rotatable bonds is 9. The van der Waals surface area contributed by atoms with Crippen LogP contribution in [0.2, 0.25) is 0 Å². The summed E-state index contributed by atoms with van der Waals surface area (Å²) in [6.07, 6.45) is 3.40. The van der Waals surface area contributed by atoms with E-state index in [1.807, 2.05) is 60.7 Å². The van der Waals surface area contributed by atoms with Gasteiger partial charge >= 0.3 is 5.97 Å². The number of ether oxygens (including phenoxy) is 1. The van der Waals surface area contributed by atoms with Gasteiger partial charge in [-0.25, -0.2) is 9.48 Å². The van der Waals surface area contributed by atoms with Crippen LogP contribution in [0.4, 0.5) is 0 Å². The second-order valence-corrected chi connectivity index (χ2v) is 10.7. The minimum absolute atomic E-state index is 0.179. The van der Waals surface area contributed by atoms with Crippen molar-refractivity contribution in [2.45, 2.75) is 30.4 Å². The summed E-state index contributed by atoms with van der Waals surface area (Å²) in [4.78, 5) is 29.3. The molecular weight excluding hydrogens is 546 g/mol. The monoisotopic (exact) mass is 571 g/mol. The first-order chi connectivity index (χ1) is 19.5. The fourth-order valence-electron chi connectivity index (χ4n) is 4.47. The van der Waals surface area contributed by atoms with Crippen molar-refractivity contribution in [1.29, 1.82) is 5.26 Å². The van der Waals surface area contributed by atoms with Crippen LogP contribution in [0.1, 0.15) is 35.9 Å². The molecule has 0 aliphatic carbocycles. The number of β-lactam (4-membered cyclic amide) rings is 1. The summed E-state index contributed by atoms with van der Waals surface area (Å²) in [5.41, 5.74) is 2.42. The molecule has 1 unspecified atom stereocenters. The lowest BCUT2D eigenvalue weighted by atomic mass is 10.0. The highest BCUT2D eigenvalue weighted by Gasteiger charge is 2.54. The predicted octanol–water partition coefficient (Wildman–Crippen LogP) is 3.31. The fraction of sp³-hybridized carbons (Fsp3) is 0.250. The van der Waals surface area contributed by atoms with Crippen LogP contribution in [0, 0.1) is 11.3 Å². The smallest absolute Gasteiger partial charge is 0.356 e. The van der Waals surface area contributed by atoms with Gasteiger partial charge in [0.1, 0.15) is 17.1 Å². The minimum atomic E-state index is -0.674. The number of aryl methyl sites for hydroxylation is 1. The largest absolute Gasteiger partial charge is 0.448 e. The number of carbonyl (C=O) groups is 2. The number of fused-ring (bicyclic) bond motifs is 1. The topological polar surface area (TPSA) is 126 Å². The van der Waals surface area contributed by atoms with E-state index in [4.69, 9.17) is 22.2 Å². The van der Waals surface area contributed by atoms with Crippen molar-refractivity contribution < 1.29 is 14.3 Å². The van der Waals surface area contributed by atoms with E-state index in [1.165, 1.54) is 21.3 Å². The molecule has 1 N–H and O–H groups in total. The molecule has 0 saturated carbocycles.